The molecule has 1 aliphatic heterocycles. The van der Waals surface area contributed by atoms with Crippen molar-refractivity contribution in [3.05, 3.63) is 35.5 Å². The minimum Gasteiger partial charge on any atom is -0.347 e. The molecule has 1 N–H and O–H groups in total. The SMILES string of the molecule is Cc1c(C(=O)N2CCNCC2)c2ccccc2n1C. The molecule has 19 heavy (non-hydrogen) atoms. The van der Waals surface area contributed by atoms with Crippen LogP contribution in [0.5, 0.6) is 0 Å². The van der Waals surface area contributed by atoms with E-state index in [-0.39, 0.29) is 5.91 Å². The number of nitrogens with one attached hydrogen (secondary N) is 1. The summed E-state index contributed by atoms with van der Waals surface area (Å²) >= 11 is 0. The van der Waals surface area contributed by atoms with Gasteiger partial charge in [-0.05, 0) is 13.0 Å². The van der Waals surface area contributed by atoms with Crippen molar-refractivity contribution in [3.8, 4) is 0 Å². The van der Waals surface area contributed by atoms with Gasteiger partial charge < -0.3 is 14.8 Å². The van der Waals surface area contributed by atoms with Crippen LogP contribution < -0.4 is 5.32 Å². The van der Waals surface area contributed by atoms with Crippen molar-refractivity contribution in [1.29, 1.82) is 0 Å². The van der Waals surface area contributed by atoms with Crippen molar-refractivity contribution in [1.82, 2.24) is 14.8 Å². The Balaban J connectivity index is 2.09. The van der Waals surface area contributed by atoms with E-state index in [1.165, 1.54) is 0 Å². The smallest absolute Gasteiger partial charge is 0.256 e. The Hall–Kier alpha value is -1.81. The molecule has 0 radical (unpaired) electrons. The van der Waals surface area contributed by atoms with Crippen LogP contribution >= 0.6 is 0 Å². The maximum Gasteiger partial charge on any atom is 0.256 e. The van der Waals surface area contributed by atoms with Crippen LogP contribution in [-0.2, 0) is 7.05 Å². The molecule has 0 unspecified atom stereocenters. The molecule has 4 heteroatoms. The molecule has 0 saturated carbocycles. The van der Waals surface area contributed by atoms with E-state index >= 15 is 0 Å². The summed E-state index contributed by atoms with van der Waals surface area (Å²) in [5, 5.41) is 4.34. The topological polar surface area (TPSA) is 37.3 Å². The quantitative estimate of drug-likeness (QED) is 0.841. The first kappa shape index (κ1) is 12.2. The average Bonchev–Trinajstić information content (AvgIpc) is 2.72. The monoisotopic (exact) mass is 257 g/mol. The molecule has 2 heterocycles. The van der Waals surface area contributed by atoms with Gasteiger partial charge in [-0.3, -0.25) is 4.79 Å². The molecule has 0 atom stereocenters. The number of fused-ring (bicyclic) bond motifs is 1. The van der Waals surface area contributed by atoms with Gasteiger partial charge >= 0.3 is 0 Å². The van der Waals surface area contributed by atoms with E-state index in [0.717, 1.165) is 48.3 Å². The van der Waals surface area contributed by atoms with Gasteiger partial charge in [0.15, 0.2) is 0 Å². The van der Waals surface area contributed by atoms with Crippen LogP contribution in [0.3, 0.4) is 0 Å². The molecule has 1 saturated heterocycles. The number of para-hydroxylation sites is 1. The van der Waals surface area contributed by atoms with Gasteiger partial charge in [-0.25, -0.2) is 0 Å². The van der Waals surface area contributed by atoms with Crippen molar-refractivity contribution in [2.24, 2.45) is 7.05 Å². The number of hydrogen-bond donors (Lipinski definition) is 1. The van der Waals surface area contributed by atoms with Gasteiger partial charge in [0.2, 0.25) is 0 Å². The second-order valence-corrected chi connectivity index (χ2v) is 5.08. The van der Waals surface area contributed by atoms with E-state index in [2.05, 4.69) is 16.0 Å². The van der Waals surface area contributed by atoms with Gasteiger partial charge in [0.1, 0.15) is 0 Å². The molecule has 100 valence electrons. The van der Waals surface area contributed by atoms with Gasteiger partial charge in [-0.2, -0.15) is 0 Å². The number of aryl methyl sites for hydroxylation is 1. The summed E-state index contributed by atoms with van der Waals surface area (Å²) in [6, 6.07) is 8.12. The predicted octanol–water partition coefficient (Wildman–Crippen LogP) is 1.53. The highest BCUT2D eigenvalue weighted by Gasteiger charge is 2.24. The van der Waals surface area contributed by atoms with E-state index in [0.29, 0.717) is 0 Å². The molecule has 1 aliphatic rings. The summed E-state index contributed by atoms with van der Waals surface area (Å²) in [7, 11) is 2.02. The van der Waals surface area contributed by atoms with Crippen molar-refractivity contribution in [2.75, 3.05) is 26.2 Å². The summed E-state index contributed by atoms with van der Waals surface area (Å²) in [6.45, 7) is 5.38. The number of aromatic nitrogens is 1. The molecule has 0 bridgehead atoms. The fraction of sp³-hybridized carbons (Fsp3) is 0.400. The van der Waals surface area contributed by atoms with Crippen LogP contribution in [0.1, 0.15) is 16.1 Å². The predicted molar refractivity (Wildman–Crippen MR) is 76.4 cm³/mol. The van der Waals surface area contributed by atoms with Crippen molar-refractivity contribution >= 4 is 16.8 Å². The number of hydrogen-bond acceptors (Lipinski definition) is 2. The molecule has 4 nitrogen and oxygen atoms in total. The zero-order chi connectivity index (χ0) is 13.4. The number of benzene rings is 1. The number of nitrogens with zero attached hydrogens (tertiary/aromatic N) is 2. The number of piperazine rings is 1. The lowest BCUT2D eigenvalue weighted by atomic mass is 10.1. The molecule has 1 aromatic heterocycles. The minimum absolute atomic E-state index is 0.163. The standard InChI is InChI=1S/C15H19N3O/c1-11-14(15(19)18-9-7-16-8-10-18)12-5-3-4-6-13(12)17(11)2/h3-6,16H,7-10H2,1-2H3. The molecule has 1 fully saturated rings. The van der Waals surface area contributed by atoms with Crippen LogP contribution in [-0.4, -0.2) is 41.6 Å². The lowest BCUT2D eigenvalue weighted by Crippen LogP contribution is -2.46. The van der Waals surface area contributed by atoms with Crippen LogP contribution in [0.15, 0.2) is 24.3 Å². The van der Waals surface area contributed by atoms with Gasteiger partial charge in [-0.15, -0.1) is 0 Å². The molecule has 1 aromatic carbocycles. The summed E-state index contributed by atoms with van der Waals surface area (Å²) in [5.41, 5.74) is 3.03. The van der Waals surface area contributed by atoms with Crippen LogP contribution in [0, 0.1) is 6.92 Å². The fourth-order valence-electron chi connectivity index (χ4n) is 2.82. The zero-order valence-corrected chi connectivity index (χ0v) is 11.4. The van der Waals surface area contributed by atoms with Crippen molar-refractivity contribution in [2.45, 2.75) is 6.92 Å². The third-order valence-corrected chi connectivity index (χ3v) is 4.02. The number of carbonyl (C=O) groups is 1. The highest BCUT2D eigenvalue weighted by molar-refractivity contribution is 6.08. The van der Waals surface area contributed by atoms with E-state index in [1.807, 2.05) is 37.1 Å². The largest absolute Gasteiger partial charge is 0.347 e. The minimum atomic E-state index is 0.163. The highest BCUT2D eigenvalue weighted by atomic mass is 16.2. The van der Waals surface area contributed by atoms with E-state index in [1.54, 1.807) is 0 Å². The molecule has 0 spiro atoms. The molecule has 0 aliphatic carbocycles. The maximum atomic E-state index is 12.7. The second kappa shape index (κ2) is 4.70. The Morgan fingerprint density at radius 1 is 1.21 bits per heavy atom. The fourth-order valence-corrected chi connectivity index (χ4v) is 2.82. The summed E-state index contributed by atoms with van der Waals surface area (Å²) < 4.78 is 2.10. The molecule has 1 amide bonds. The van der Waals surface area contributed by atoms with Gasteiger partial charge in [-0.1, -0.05) is 18.2 Å². The molecular weight excluding hydrogens is 238 g/mol. The average molecular weight is 257 g/mol. The van der Waals surface area contributed by atoms with Gasteiger partial charge in [0.05, 0.1) is 5.56 Å². The normalized spacial score (nSPS) is 16.0. The first-order chi connectivity index (χ1) is 9.20. The first-order valence-corrected chi connectivity index (χ1v) is 6.74. The number of carbonyl (C=O) groups excluding carboxylic acids is 1. The van der Waals surface area contributed by atoms with Crippen molar-refractivity contribution < 1.29 is 4.79 Å². The van der Waals surface area contributed by atoms with Crippen LogP contribution in [0.25, 0.3) is 10.9 Å². The summed E-state index contributed by atoms with van der Waals surface area (Å²) in [6.07, 6.45) is 0. The summed E-state index contributed by atoms with van der Waals surface area (Å²) in [4.78, 5) is 14.7. The Morgan fingerprint density at radius 2 is 1.89 bits per heavy atom. The van der Waals surface area contributed by atoms with Gasteiger partial charge in [0, 0.05) is 49.8 Å². The van der Waals surface area contributed by atoms with E-state index < -0.39 is 0 Å². The highest BCUT2D eigenvalue weighted by Crippen LogP contribution is 2.26. The lowest BCUT2D eigenvalue weighted by molar-refractivity contribution is 0.0737. The third kappa shape index (κ3) is 1.92. The second-order valence-electron chi connectivity index (χ2n) is 5.08. The number of rotatable bonds is 1. The Morgan fingerprint density at radius 3 is 2.63 bits per heavy atom. The Kier molecular flexibility index (Phi) is 3.03. The maximum absolute atomic E-state index is 12.7. The number of amides is 1. The lowest BCUT2D eigenvalue weighted by Gasteiger charge is -2.27. The summed E-state index contributed by atoms with van der Waals surface area (Å²) in [5.74, 6) is 0.163. The third-order valence-electron chi connectivity index (χ3n) is 4.02. The zero-order valence-electron chi connectivity index (χ0n) is 11.4. The molecule has 2 aromatic rings. The Labute approximate surface area is 113 Å². The van der Waals surface area contributed by atoms with E-state index in [9.17, 15) is 4.79 Å². The first-order valence-electron chi connectivity index (χ1n) is 6.74. The molecule has 3 rings (SSSR count). The van der Waals surface area contributed by atoms with Crippen LogP contribution in [0.4, 0.5) is 0 Å². The van der Waals surface area contributed by atoms with E-state index in [4.69, 9.17) is 0 Å². The Bertz CT molecular complexity index is 624. The van der Waals surface area contributed by atoms with Crippen LogP contribution in [0.2, 0.25) is 0 Å². The van der Waals surface area contributed by atoms with Gasteiger partial charge in [0.25, 0.3) is 5.91 Å². The molecular formula is C15H19N3O. The van der Waals surface area contributed by atoms with Crippen molar-refractivity contribution in [3.63, 3.8) is 0 Å².